The molecule has 6 heteroatoms. The number of nitrogens with one attached hydrogen (secondary N) is 2. The molecule has 0 bridgehead atoms. The number of carbonyl (C=O) groups is 1. The lowest BCUT2D eigenvalue weighted by molar-refractivity contribution is 0.0590. The minimum absolute atomic E-state index is 0.0748. The lowest BCUT2D eigenvalue weighted by Gasteiger charge is -2.32. The van der Waals surface area contributed by atoms with Gasteiger partial charge in [0, 0.05) is 25.2 Å². The minimum Gasteiger partial charge on any atom is -0.384 e. The van der Waals surface area contributed by atoms with E-state index in [-0.39, 0.29) is 24.4 Å². The Balaban J connectivity index is 1.42. The summed E-state index contributed by atoms with van der Waals surface area (Å²) in [6.07, 6.45) is 4.57. The molecule has 3 N–H and O–H groups in total. The topological polar surface area (TPSA) is 64.6 Å². The van der Waals surface area contributed by atoms with Crippen LogP contribution in [-0.2, 0) is 5.60 Å². The molecule has 1 saturated heterocycles. The Hall–Kier alpha value is -1.66. The number of rotatable bonds is 5. The van der Waals surface area contributed by atoms with Crippen molar-refractivity contribution in [3.8, 4) is 0 Å². The zero-order valence-electron chi connectivity index (χ0n) is 14.1. The highest BCUT2D eigenvalue weighted by atomic mass is 19.1. The van der Waals surface area contributed by atoms with Crippen LogP contribution in [0.4, 0.5) is 9.18 Å². The molecule has 1 saturated carbocycles. The molecular formula is C18H26FN3O2. The second kappa shape index (κ2) is 7.07. The predicted molar refractivity (Wildman–Crippen MR) is 90.1 cm³/mol. The Morgan fingerprint density at radius 1 is 1.25 bits per heavy atom. The van der Waals surface area contributed by atoms with E-state index in [1.54, 1.807) is 6.92 Å². The van der Waals surface area contributed by atoms with Crippen molar-refractivity contribution in [1.82, 2.24) is 15.5 Å². The Morgan fingerprint density at radius 3 is 2.46 bits per heavy atom. The van der Waals surface area contributed by atoms with Gasteiger partial charge in [-0.25, -0.2) is 9.18 Å². The number of nitrogens with zero attached hydrogens (tertiary/aromatic N) is 1. The number of benzene rings is 1. The lowest BCUT2D eigenvalue weighted by Crippen LogP contribution is -2.50. The summed E-state index contributed by atoms with van der Waals surface area (Å²) < 4.78 is 13.0. The van der Waals surface area contributed by atoms with Crippen molar-refractivity contribution in [3.05, 3.63) is 35.6 Å². The Labute approximate surface area is 142 Å². The fourth-order valence-corrected chi connectivity index (χ4v) is 3.25. The van der Waals surface area contributed by atoms with Crippen LogP contribution < -0.4 is 10.6 Å². The Kier molecular flexibility index (Phi) is 5.06. The van der Waals surface area contributed by atoms with Gasteiger partial charge in [-0.15, -0.1) is 0 Å². The summed E-state index contributed by atoms with van der Waals surface area (Å²) in [4.78, 5) is 14.6. The van der Waals surface area contributed by atoms with E-state index in [1.165, 1.54) is 37.1 Å². The van der Waals surface area contributed by atoms with Crippen LogP contribution >= 0.6 is 0 Å². The molecule has 1 unspecified atom stereocenters. The third kappa shape index (κ3) is 4.45. The summed E-state index contributed by atoms with van der Waals surface area (Å²) in [6, 6.07) is 6.38. The monoisotopic (exact) mass is 335 g/mol. The first-order valence-electron chi connectivity index (χ1n) is 8.71. The third-order valence-electron chi connectivity index (χ3n) is 4.99. The van der Waals surface area contributed by atoms with Gasteiger partial charge in [-0.05, 0) is 50.3 Å². The lowest BCUT2D eigenvalue weighted by atomic mass is 9.96. The fourth-order valence-electron chi connectivity index (χ4n) is 3.25. The molecule has 0 aromatic heterocycles. The number of urea groups is 1. The molecule has 5 nitrogen and oxygen atoms in total. The van der Waals surface area contributed by atoms with E-state index in [0.29, 0.717) is 5.56 Å². The first kappa shape index (κ1) is 17.2. The minimum atomic E-state index is -1.24. The van der Waals surface area contributed by atoms with Gasteiger partial charge in [0.25, 0.3) is 0 Å². The molecule has 1 aromatic carbocycles. The summed E-state index contributed by atoms with van der Waals surface area (Å²) in [7, 11) is 0. The van der Waals surface area contributed by atoms with Gasteiger partial charge in [0.05, 0.1) is 6.54 Å². The molecule has 0 spiro atoms. The van der Waals surface area contributed by atoms with Crippen LogP contribution in [0.3, 0.4) is 0 Å². The molecule has 1 aromatic rings. The van der Waals surface area contributed by atoms with Gasteiger partial charge < -0.3 is 20.6 Å². The van der Waals surface area contributed by atoms with E-state index in [0.717, 1.165) is 32.0 Å². The zero-order valence-corrected chi connectivity index (χ0v) is 14.1. The van der Waals surface area contributed by atoms with Crippen LogP contribution in [0.5, 0.6) is 0 Å². The molecule has 24 heavy (non-hydrogen) atoms. The van der Waals surface area contributed by atoms with E-state index >= 15 is 0 Å². The van der Waals surface area contributed by atoms with E-state index in [1.807, 2.05) is 0 Å². The number of carbonyl (C=O) groups excluding carboxylic acids is 1. The predicted octanol–water partition coefficient (Wildman–Crippen LogP) is 1.96. The number of aliphatic hydroxyl groups is 1. The second-order valence-electron chi connectivity index (χ2n) is 7.15. The van der Waals surface area contributed by atoms with E-state index < -0.39 is 5.60 Å². The van der Waals surface area contributed by atoms with Gasteiger partial charge in [-0.2, -0.15) is 0 Å². The summed E-state index contributed by atoms with van der Waals surface area (Å²) in [5.41, 5.74) is -0.664. The summed E-state index contributed by atoms with van der Waals surface area (Å²) in [5, 5.41) is 16.2. The van der Waals surface area contributed by atoms with Crippen LogP contribution in [0, 0.1) is 5.82 Å². The number of halogens is 1. The third-order valence-corrected chi connectivity index (χ3v) is 4.99. The molecule has 0 radical (unpaired) electrons. The number of likely N-dealkylation sites (tertiary alicyclic amines) is 1. The van der Waals surface area contributed by atoms with Crippen LogP contribution in [0.25, 0.3) is 0 Å². The summed E-state index contributed by atoms with van der Waals surface area (Å²) in [5.74, 6) is -0.349. The molecule has 2 amide bonds. The Bertz CT molecular complexity index is 564. The van der Waals surface area contributed by atoms with Crippen molar-refractivity contribution in [2.75, 3.05) is 19.6 Å². The normalized spacial score (nSPS) is 22.0. The summed E-state index contributed by atoms with van der Waals surface area (Å²) >= 11 is 0. The van der Waals surface area contributed by atoms with Crippen LogP contribution in [-0.4, -0.2) is 47.8 Å². The van der Waals surface area contributed by atoms with Crippen molar-refractivity contribution in [2.45, 2.75) is 50.3 Å². The van der Waals surface area contributed by atoms with E-state index in [4.69, 9.17) is 0 Å². The molecule has 1 aliphatic carbocycles. The van der Waals surface area contributed by atoms with Crippen molar-refractivity contribution >= 4 is 6.03 Å². The van der Waals surface area contributed by atoms with Crippen LogP contribution in [0.1, 0.15) is 38.2 Å². The summed E-state index contributed by atoms with van der Waals surface area (Å²) in [6.45, 7) is 3.77. The number of hydrogen-bond acceptors (Lipinski definition) is 3. The average molecular weight is 335 g/mol. The highest BCUT2D eigenvalue weighted by molar-refractivity contribution is 5.74. The van der Waals surface area contributed by atoms with E-state index in [9.17, 15) is 14.3 Å². The quantitative estimate of drug-likeness (QED) is 0.771. The Morgan fingerprint density at radius 2 is 1.88 bits per heavy atom. The van der Waals surface area contributed by atoms with Crippen LogP contribution in [0.2, 0.25) is 0 Å². The largest absolute Gasteiger partial charge is 0.384 e. The van der Waals surface area contributed by atoms with Crippen molar-refractivity contribution < 1.29 is 14.3 Å². The molecule has 1 atom stereocenters. The standard InChI is InChI=1S/C18H26FN3O2/c1-18(24,13-2-4-14(19)5-3-13)12-20-17(23)21-15-8-10-22(11-9-15)16-6-7-16/h2-5,15-16,24H,6-12H2,1H3,(H2,20,21,23). The molecular weight excluding hydrogens is 309 g/mol. The molecule has 1 aliphatic heterocycles. The number of piperidine rings is 1. The molecule has 3 rings (SSSR count). The van der Waals surface area contributed by atoms with Gasteiger partial charge in [0.15, 0.2) is 0 Å². The number of amides is 2. The first-order valence-corrected chi connectivity index (χ1v) is 8.71. The molecule has 132 valence electrons. The average Bonchev–Trinajstić information content (AvgIpc) is 3.39. The van der Waals surface area contributed by atoms with Crippen molar-refractivity contribution in [2.24, 2.45) is 0 Å². The number of hydrogen-bond donors (Lipinski definition) is 3. The zero-order chi connectivity index (χ0) is 17.2. The van der Waals surface area contributed by atoms with Gasteiger partial charge in [0.1, 0.15) is 11.4 Å². The SMILES string of the molecule is CC(O)(CNC(=O)NC1CCN(C2CC2)CC1)c1ccc(F)cc1. The maximum absolute atomic E-state index is 13.0. The van der Waals surface area contributed by atoms with Gasteiger partial charge in [-0.1, -0.05) is 12.1 Å². The van der Waals surface area contributed by atoms with E-state index in [2.05, 4.69) is 15.5 Å². The molecule has 2 aliphatic rings. The maximum Gasteiger partial charge on any atom is 0.315 e. The highest BCUT2D eigenvalue weighted by Crippen LogP contribution is 2.29. The maximum atomic E-state index is 13.0. The highest BCUT2D eigenvalue weighted by Gasteiger charge is 2.32. The van der Waals surface area contributed by atoms with Crippen molar-refractivity contribution in [3.63, 3.8) is 0 Å². The first-order chi connectivity index (χ1) is 11.4. The smallest absolute Gasteiger partial charge is 0.315 e. The molecule has 2 fully saturated rings. The van der Waals surface area contributed by atoms with Gasteiger partial charge in [-0.3, -0.25) is 0 Å². The van der Waals surface area contributed by atoms with Crippen LogP contribution in [0.15, 0.2) is 24.3 Å². The molecule has 1 heterocycles. The van der Waals surface area contributed by atoms with Gasteiger partial charge in [0.2, 0.25) is 0 Å². The van der Waals surface area contributed by atoms with Crippen molar-refractivity contribution in [1.29, 1.82) is 0 Å². The second-order valence-corrected chi connectivity index (χ2v) is 7.15. The van der Waals surface area contributed by atoms with Gasteiger partial charge >= 0.3 is 6.03 Å². The fraction of sp³-hybridized carbons (Fsp3) is 0.611.